The second kappa shape index (κ2) is 5.30. The lowest BCUT2D eigenvalue weighted by Gasteiger charge is -2.11. The first-order valence-corrected chi connectivity index (χ1v) is 7.16. The summed E-state index contributed by atoms with van der Waals surface area (Å²) in [6.45, 7) is 0.0250. The molecule has 0 spiro atoms. The quantitative estimate of drug-likeness (QED) is 0.939. The van der Waals surface area contributed by atoms with Crippen LogP contribution >= 0.6 is 11.8 Å². The van der Waals surface area contributed by atoms with Gasteiger partial charge < -0.3 is 5.73 Å². The summed E-state index contributed by atoms with van der Waals surface area (Å²) < 4.78 is 39.8. The molecular formula is C12H12F3N5S. The Hall–Kier alpha value is -1.61. The van der Waals surface area contributed by atoms with Crippen molar-refractivity contribution < 1.29 is 13.2 Å². The van der Waals surface area contributed by atoms with E-state index in [0.717, 1.165) is 25.0 Å². The molecule has 0 saturated heterocycles. The van der Waals surface area contributed by atoms with Gasteiger partial charge >= 0.3 is 6.18 Å². The highest BCUT2D eigenvalue weighted by molar-refractivity contribution is 7.99. The fourth-order valence-electron chi connectivity index (χ4n) is 1.91. The second-order valence-corrected chi connectivity index (χ2v) is 5.77. The van der Waals surface area contributed by atoms with Crippen LogP contribution in [0.1, 0.15) is 30.0 Å². The molecule has 0 radical (unpaired) electrons. The zero-order valence-corrected chi connectivity index (χ0v) is 11.7. The van der Waals surface area contributed by atoms with Gasteiger partial charge in [0, 0.05) is 11.4 Å². The van der Waals surface area contributed by atoms with Crippen LogP contribution in [0.4, 0.5) is 13.2 Å². The van der Waals surface area contributed by atoms with Crippen molar-refractivity contribution in [2.75, 3.05) is 0 Å². The maximum Gasteiger partial charge on any atom is 0.416 e. The van der Waals surface area contributed by atoms with E-state index in [9.17, 15) is 13.2 Å². The number of nitrogens with zero attached hydrogens (tertiary/aromatic N) is 4. The van der Waals surface area contributed by atoms with Crippen LogP contribution in [-0.4, -0.2) is 20.2 Å². The van der Waals surface area contributed by atoms with E-state index >= 15 is 0 Å². The van der Waals surface area contributed by atoms with Crippen LogP contribution in [0.2, 0.25) is 0 Å². The van der Waals surface area contributed by atoms with Crippen LogP contribution in [-0.2, 0) is 12.7 Å². The van der Waals surface area contributed by atoms with Crippen molar-refractivity contribution in [3.05, 3.63) is 29.3 Å². The Bertz CT molecular complexity index is 651. The summed E-state index contributed by atoms with van der Waals surface area (Å²) in [7, 11) is 0. The lowest BCUT2D eigenvalue weighted by atomic mass is 10.1. The molecule has 0 unspecified atom stereocenters. The molecule has 1 aliphatic carbocycles. The van der Waals surface area contributed by atoms with Gasteiger partial charge in [0.15, 0.2) is 0 Å². The van der Waals surface area contributed by atoms with Crippen molar-refractivity contribution in [3.8, 4) is 0 Å². The van der Waals surface area contributed by atoms with Crippen molar-refractivity contribution in [1.82, 2.24) is 20.2 Å². The van der Waals surface area contributed by atoms with Crippen LogP contribution in [0.5, 0.6) is 0 Å². The lowest BCUT2D eigenvalue weighted by molar-refractivity contribution is -0.137. The Labute approximate surface area is 122 Å². The van der Waals surface area contributed by atoms with E-state index in [2.05, 4.69) is 15.5 Å². The molecule has 1 heterocycles. The van der Waals surface area contributed by atoms with Gasteiger partial charge in [-0.15, -0.1) is 5.10 Å². The molecule has 3 rings (SSSR count). The molecule has 112 valence electrons. The van der Waals surface area contributed by atoms with Crippen molar-refractivity contribution in [1.29, 1.82) is 0 Å². The molecule has 0 bridgehead atoms. The van der Waals surface area contributed by atoms with Gasteiger partial charge in [-0.3, -0.25) is 0 Å². The summed E-state index contributed by atoms with van der Waals surface area (Å²) in [5, 5.41) is 12.0. The van der Waals surface area contributed by atoms with Gasteiger partial charge in [-0.1, -0.05) is 0 Å². The van der Waals surface area contributed by atoms with Gasteiger partial charge in [-0.2, -0.15) is 13.2 Å². The van der Waals surface area contributed by atoms with Crippen molar-refractivity contribution in [2.45, 2.75) is 41.7 Å². The largest absolute Gasteiger partial charge is 0.416 e. The van der Waals surface area contributed by atoms with E-state index < -0.39 is 11.7 Å². The molecule has 2 N–H and O–H groups in total. The zero-order chi connectivity index (χ0) is 15.0. The number of hydrogen-bond acceptors (Lipinski definition) is 5. The zero-order valence-electron chi connectivity index (χ0n) is 10.8. The Morgan fingerprint density at radius 2 is 2.10 bits per heavy atom. The van der Waals surface area contributed by atoms with E-state index in [-0.39, 0.29) is 6.54 Å². The van der Waals surface area contributed by atoms with Crippen LogP contribution in [0.15, 0.2) is 28.3 Å². The number of tetrazole rings is 1. The number of halogens is 3. The van der Waals surface area contributed by atoms with Crippen LogP contribution in [0, 0.1) is 0 Å². The minimum atomic E-state index is -4.37. The predicted octanol–water partition coefficient (Wildman–Crippen LogP) is 2.64. The van der Waals surface area contributed by atoms with Crippen LogP contribution in [0.25, 0.3) is 0 Å². The van der Waals surface area contributed by atoms with Crippen molar-refractivity contribution in [2.24, 2.45) is 5.73 Å². The molecule has 2 aromatic rings. The first-order chi connectivity index (χ1) is 9.99. The number of alkyl halides is 3. The summed E-state index contributed by atoms with van der Waals surface area (Å²) in [6, 6.07) is 3.85. The molecule has 0 amide bonds. The monoisotopic (exact) mass is 315 g/mol. The molecule has 1 saturated carbocycles. The third kappa shape index (κ3) is 3.03. The van der Waals surface area contributed by atoms with Gasteiger partial charge in [-0.25, -0.2) is 4.68 Å². The molecule has 21 heavy (non-hydrogen) atoms. The van der Waals surface area contributed by atoms with E-state index in [4.69, 9.17) is 5.73 Å². The standard InChI is InChI=1S/C12H12F3N5S/c13-12(14,15)8-1-4-10(7(5-8)6-16)21-11-17-18-19-20(11)9-2-3-9/h1,4-5,9H,2-3,6,16H2. The number of rotatable bonds is 4. The highest BCUT2D eigenvalue weighted by atomic mass is 32.2. The Morgan fingerprint density at radius 1 is 1.33 bits per heavy atom. The Balaban J connectivity index is 1.89. The summed E-state index contributed by atoms with van der Waals surface area (Å²) >= 11 is 1.24. The number of benzene rings is 1. The fraction of sp³-hybridized carbons (Fsp3) is 0.417. The van der Waals surface area contributed by atoms with Gasteiger partial charge in [0.2, 0.25) is 5.16 Å². The SMILES string of the molecule is NCc1cc(C(F)(F)F)ccc1Sc1nnnn1C1CC1. The van der Waals surface area contributed by atoms with Crippen molar-refractivity contribution >= 4 is 11.8 Å². The van der Waals surface area contributed by atoms with Gasteiger partial charge in [-0.05, 0) is 58.8 Å². The fourth-order valence-corrected chi connectivity index (χ4v) is 2.88. The highest BCUT2D eigenvalue weighted by Crippen LogP contribution is 2.39. The summed E-state index contributed by atoms with van der Waals surface area (Å²) in [5.74, 6) is 0. The average molecular weight is 315 g/mol. The maximum atomic E-state index is 12.7. The van der Waals surface area contributed by atoms with Crippen LogP contribution in [0.3, 0.4) is 0 Å². The van der Waals surface area contributed by atoms with Gasteiger partial charge in [0.25, 0.3) is 0 Å². The van der Waals surface area contributed by atoms with Gasteiger partial charge in [0.05, 0.1) is 11.6 Å². The number of nitrogens with two attached hydrogens (primary N) is 1. The predicted molar refractivity (Wildman–Crippen MR) is 69.5 cm³/mol. The second-order valence-electron chi connectivity index (χ2n) is 4.76. The molecule has 0 aliphatic heterocycles. The first kappa shape index (κ1) is 14.3. The smallest absolute Gasteiger partial charge is 0.326 e. The minimum Gasteiger partial charge on any atom is -0.326 e. The Morgan fingerprint density at radius 3 is 2.71 bits per heavy atom. The van der Waals surface area contributed by atoms with Crippen LogP contribution < -0.4 is 5.73 Å². The summed E-state index contributed by atoms with van der Waals surface area (Å²) in [4.78, 5) is 0.641. The molecule has 1 fully saturated rings. The molecule has 1 aromatic carbocycles. The van der Waals surface area contributed by atoms with Gasteiger partial charge in [0.1, 0.15) is 0 Å². The van der Waals surface area contributed by atoms with Crippen molar-refractivity contribution in [3.63, 3.8) is 0 Å². The minimum absolute atomic E-state index is 0.0250. The molecule has 1 aromatic heterocycles. The third-order valence-corrected chi connectivity index (χ3v) is 4.23. The molecule has 0 atom stereocenters. The molecule has 9 heteroatoms. The topological polar surface area (TPSA) is 69.6 Å². The number of aromatic nitrogens is 4. The van der Waals surface area contributed by atoms with E-state index in [1.54, 1.807) is 4.68 Å². The van der Waals surface area contributed by atoms with E-state index in [1.165, 1.54) is 17.8 Å². The molecule has 1 aliphatic rings. The highest BCUT2D eigenvalue weighted by Gasteiger charge is 2.31. The Kier molecular flexibility index (Phi) is 3.62. The third-order valence-electron chi connectivity index (χ3n) is 3.16. The average Bonchev–Trinajstić information content (AvgIpc) is 3.18. The first-order valence-electron chi connectivity index (χ1n) is 6.35. The summed E-state index contributed by atoms with van der Waals surface area (Å²) in [5.41, 5.74) is 5.29. The maximum absolute atomic E-state index is 12.7. The summed E-state index contributed by atoms with van der Waals surface area (Å²) in [6.07, 6.45) is -2.33. The van der Waals surface area contributed by atoms with E-state index in [1.807, 2.05) is 0 Å². The molecule has 5 nitrogen and oxygen atoms in total. The number of hydrogen-bond donors (Lipinski definition) is 1. The lowest BCUT2D eigenvalue weighted by Crippen LogP contribution is -2.08. The van der Waals surface area contributed by atoms with E-state index in [0.29, 0.717) is 21.7 Å². The molecular weight excluding hydrogens is 303 g/mol. The normalized spacial score (nSPS) is 15.4.